The number of nitriles is 1. The van der Waals surface area contributed by atoms with E-state index in [9.17, 15) is 4.79 Å². The third-order valence-corrected chi connectivity index (χ3v) is 5.27. The smallest absolute Gasteiger partial charge is 0.277 e. The summed E-state index contributed by atoms with van der Waals surface area (Å²) in [6.07, 6.45) is 2.45. The van der Waals surface area contributed by atoms with Crippen LogP contribution in [0.5, 0.6) is 0 Å². The van der Waals surface area contributed by atoms with Crippen molar-refractivity contribution in [3.05, 3.63) is 94.3 Å². The van der Waals surface area contributed by atoms with Crippen molar-refractivity contribution in [1.29, 1.82) is 5.26 Å². The highest BCUT2D eigenvalue weighted by molar-refractivity contribution is 7.15. The Morgan fingerprint density at radius 1 is 1.17 bits per heavy atom. The summed E-state index contributed by atoms with van der Waals surface area (Å²) in [5, 5.41) is 16.7. The molecule has 7 heteroatoms. The van der Waals surface area contributed by atoms with E-state index in [-0.39, 0.29) is 5.91 Å². The summed E-state index contributed by atoms with van der Waals surface area (Å²) in [6.45, 7) is 1.91. The molecule has 0 saturated carbocycles. The number of thiazole rings is 1. The summed E-state index contributed by atoms with van der Waals surface area (Å²) in [5.74, 6) is -0.290. The van der Waals surface area contributed by atoms with Crippen molar-refractivity contribution in [3.8, 4) is 11.8 Å². The third-order valence-electron chi connectivity index (χ3n) is 4.36. The largest absolute Gasteiger partial charge is 0.296 e. The Labute approximate surface area is 172 Å². The number of hydrogen-bond acceptors (Lipinski definition) is 5. The van der Waals surface area contributed by atoms with Gasteiger partial charge in [-0.05, 0) is 42.8 Å². The molecule has 2 heterocycles. The molecule has 2 aromatic carbocycles. The fourth-order valence-electron chi connectivity index (χ4n) is 2.92. The van der Waals surface area contributed by atoms with Gasteiger partial charge in [0.1, 0.15) is 0 Å². The molecule has 6 nitrogen and oxygen atoms in total. The Morgan fingerprint density at radius 2 is 1.93 bits per heavy atom. The number of para-hydroxylation sites is 1. The van der Waals surface area contributed by atoms with Gasteiger partial charge in [0.2, 0.25) is 0 Å². The molecular formula is C22H17N5OS. The first-order chi connectivity index (χ1) is 14.1. The van der Waals surface area contributed by atoms with E-state index in [1.54, 1.807) is 29.1 Å². The maximum absolute atomic E-state index is 12.6. The van der Waals surface area contributed by atoms with Crippen LogP contribution in [0, 0.1) is 18.3 Å². The van der Waals surface area contributed by atoms with E-state index in [4.69, 9.17) is 5.26 Å². The van der Waals surface area contributed by atoms with Crippen LogP contribution < -0.4 is 5.32 Å². The molecule has 4 aromatic rings. The topological polar surface area (TPSA) is 83.6 Å². The zero-order chi connectivity index (χ0) is 20.2. The van der Waals surface area contributed by atoms with Crippen molar-refractivity contribution >= 4 is 22.4 Å². The molecule has 0 aliphatic carbocycles. The number of aromatic nitrogens is 3. The van der Waals surface area contributed by atoms with Crippen molar-refractivity contribution < 1.29 is 4.79 Å². The molecule has 29 heavy (non-hydrogen) atoms. The Hall–Kier alpha value is -3.76. The lowest BCUT2D eigenvalue weighted by Crippen LogP contribution is -2.12. The van der Waals surface area contributed by atoms with Crippen LogP contribution in [-0.4, -0.2) is 20.7 Å². The van der Waals surface area contributed by atoms with Gasteiger partial charge >= 0.3 is 0 Å². The summed E-state index contributed by atoms with van der Waals surface area (Å²) in [7, 11) is 0. The number of carbonyl (C=O) groups is 1. The SMILES string of the molecule is Cc1cc(C(=O)Nc2ncc(Cc3ccc(C#N)cc3)s2)nn1-c1ccccc1. The number of nitrogens with zero attached hydrogens (tertiary/aromatic N) is 4. The molecule has 0 spiro atoms. The molecule has 142 valence electrons. The summed E-state index contributed by atoms with van der Waals surface area (Å²) in [6, 6.07) is 21.0. The lowest BCUT2D eigenvalue weighted by Gasteiger charge is -2.02. The maximum Gasteiger partial charge on any atom is 0.277 e. The quantitative estimate of drug-likeness (QED) is 0.541. The Balaban J connectivity index is 1.45. The van der Waals surface area contributed by atoms with Crippen molar-refractivity contribution in [1.82, 2.24) is 14.8 Å². The van der Waals surface area contributed by atoms with Crippen LogP contribution in [0.4, 0.5) is 5.13 Å². The predicted molar refractivity (Wildman–Crippen MR) is 112 cm³/mol. The minimum absolute atomic E-state index is 0.290. The van der Waals surface area contributed by atoms with Gasteiger partial charge in [-0.3, -0.25) is 10.1 Å². The van der Waals surface area contributed by atoms with Gasteiger partial charge in [-0.15, -0.1) is 11.3 Å². The number of aryl methyl sites for hydroxylation is 1. The summed E-state index contributed by atoms with van der Waals surface area (Å²) in [5.41, 5.74) is 3.85. The summed E-state index contributed by atoms with van der Waals surface area (Å²) < 4.78 is 1.74. The number of carbonyl (C=O) groups excluding carboxylic acids is 1. The molecule has 0 aliphatic heterocycles. The molecule has 0 unspecified atom stereocenters. The van der Waals surface area contributed by atoms with Crippen LogP contribution in [0.15, 0.2) is 66.9 Å². The van der Waals surface area contributed by atoms with Crippen LogP contribution >= 0.6 is 11.3 Å². The number of rotatable bonds is 5. The van der Waals surface area contributed by atoms with Crippen LogP contribution in [0.25, 0.3) is 5.69 Å². The van der Waals surface area contributed by atoms with Gasteiger partial charge in [-0.1, -0.05) is 30.3 Å². The molecule has 4 rings (SSSR count). The molecule has 1 amide bonds. The van der Waals surface area contributed by atoms with E-state index in [1.807, 2.05) is 49.4 Å². The van der Waals surface area contributed by atoms with E-state index in [0.29, 0.717) is 22.8 Å². The van der Waals surface area contributed by atoms with Crippen molar-refractivity contribution in [2.45, 2.75) is 13.3 Å². The number of benzene rings is 2. The molecule has 0 saturated heterocycles. The van der Waals surface area contributed by atoms with Gasteiger partial charge in [0, 0.05) is 23.2 Å². The minimum atomic E-state index is -0.290. The molecule has 0 bridgehead atoms. The lowest BCUT2D eigenvalue weighted by molar-refractivity contribution is 0.102. The maximum atomic E-state index is 12.6. The standard InChI is InChI=1S/C22H17N5OS/c1-15-11-20(26-27(15)18-5-3-2-4-6-18)21(28)25-22-24-14-19(29-22)12-16-7-9-17(13-23)10-8-16/h2-11,14H,12H2,1H3,(H,24,25,28). The predicted octanol–water partition coefficient (Wildman–Crippen LogP) is 4.35. The first-order valence-electron chi connectivity index (χ1n) is 8.99. The second kappa shape index (κ2) is 8.09. The first-order valence-corrected chi connectivity index (χ1v) is 9.81. The molecule has 0 radical (unpaired) electrons. The summed E-state index contributed by atoms with van der Waals surface area (Å²) in [4.78, 5) is 17.9. The Kier molecular flexibility index (Phi) is 5.18. The third kappa shape index (κ3) is 4.23. The monoisotopic (exact) mass is 399 g/mol. The Bertz CT molecular complexity index is 1190. The van der Waals surface area contributed by atoms with Gasteiger partial charge < -0.3 is 0 Å². The lowest BCUT2D eigenvalue weighted by atomic mass is 10.1. The molecule has 2 aromatic heterocycles. The zero-order valence-electron chi connectivity index (χ0n) is 15.7. The normalized spacial score (nSPS) is 10.5. The zero-order valence-corrected chi connectivity index (χ0v) is 16.5. The van der Waals surface area contributed by atoms with Crippen LogP contribution in [0.3, 0.4) is 0 Å². The van der Waals surface area contributed by atoms with Gasteiger partial charge in [-0.25, -0.2) is 9.67 Å². The molecular weight excluding hydrogens is 382 g/mol. The molecule has 0 atom stereocenters. The number of nitrogens with one attached hydrogen (secondary N) is 1. The van der Waals surface area contributed by atoms with E-state index in [2.05, 4.69) is 21.5 Å². The van der Waals surface area contributed by atoms with Crippen LogP contribution in [0.2, 0.25) is 0 Å². The fraction of sp³-hybridized carbons (Fsp3) is 0.0909. The van der Waals surface area contributed by atoms with Crippen molar-refractivity contribution in [2.24, 2.45) is 0 Å². The van der Waals surface area contributed by atoms with Crippen LogP contribution in [0.1, 0.15) is 32.2 Å². The number of anilines is 1. The average molecular weight is 399 g/mol. The number of hydrogen-bond donors (Lipinski definition) is 1. The first kappa shape index (κ1) is 18.6. The van der Waals surface area contributed by atoms with Crippen molar-refractivity contribution in [2.75, 3.05) is 5.32 Å². The highest BCUT2D eigenvalue weighted by Crippen LogP contribution is 2.22. The molecule has 0 fully saturated rings. The highest BCUT2D eigenvalue weighted by atomic mass is 32.1. The van der Waals surface area contributed by atoms with Gasteiger partial charge in [0.15, 0.2) is 10.8 Å². The highest BCUT2D eigenvalue weighted by Gasteiger charge is 2.15. The minimum Gasteiger partial charge on any atom is -0.296 e. The number of amides is 1. The van der Waals surface area contributed by atoms with Gasteiger partial charge in [0.25, 0.3) is 5.91 Å². The second-order valence-electron chi connectivity index (χ2n) is 6.49. The second-order valence-corrected chi connectivity index (χ2v) is 7.60. The van der Waals surface area contributed by atoms with Gasteiger partial charge in [-0.2, -0.15) is 10.4 Å². The average Bonchev–Trinajstić information content (AvgIpc) is 3.35. The molecule has 1 N–H and O–H groups in total. The van der Waals surface area contributed by atoms with Crippen molar-refractivity contribution in [3.63, 3.8) is 0 Å². The Morgan fingerprint density at radius 3 is 2.66 bits per heavy atom. The van der Waals surface area contributed by atoms with Crippen LogP contribution in [-0.2, 0) is 6.42 Å². The van der Waals surface area contributed by atoms with E-state index < -0.39 is 0 Å². The molecule has 0 aliphatic rings. The van der Waals surface area contributed by atoms with E-state index >= 15 is 0 Å². The van der Waals surface area contributed by atoms with Gasteiger partial charge in [0.05, 0.1) is 17.3 Å². The summed E-state index contributed by atoms with van der Waals surface area (Å²) >= 11 is 1.43. The fourth-order valence-corrected chi connectivity index (χ4v) is 3.76. The van der Waals surface area contributed by atoms with E-state index in [0.717, 1.165) is 21.8 Å². The van der Waals surface area contributed by atoms with E-state index in [1.165, 1.54) is 11.3 Å².